The average molecular weight is 433 g/mol. The molecule has 29 heavy (non-hydrogen) atoms. The molecular formula is C20H15Cl2FN4O2. The van der Waals surface area contributed by atoms with E-state index >= 15 is 0 Å². The van der Waals surface area contributed by atoms with Gasteiger partial charge in [-0.1, -0.05) is 53.5 Å². The summed E-state index contributed by atoms with van der Waals surface area (Å²) >= 11 is 11.3. The number of amides is 3. The number of aryl methyl sites for hydroxylation is 1. The van der Waals surface area contributed by atoms with Gasteiger partial charge < -0.3 is 5.32 Å². The summed E-state index contributed by atoms with van der Waals surface area (Å²) in [4.78, 5) is 32.5. The Morgan fingerprint density at radius 1 is 1.10 bits per heavy atom. The minimum atomic E-state index is -0.921. The van der Waals surface area contributed by atoms with E-state index in [9.17, 15) is 14.0 Å². The molecule has 2 heterocycles. The molecule has 6 nitrogen and oxygen atoms in total. The summed E-state index contributed by atoms with van der Waals surface area (Å²) in [6.07, 6.45) is 2.13. The second kappa shape index (κ2) is 8.98. The second-order valence-corrected chi connectivity index (χ2v) is 6.84. The number of nitrogens with zero attached hydrogens (tertiary/aromatic N) is 2. The first-order valence-electron chi connectivity index (χ1n) is 8.47. The van der Waals surface area contributed by atoms with Crippen LogP contribution in [-0.4, -0.2) is 21.9 Å². The molecule has 0 aliphatic heterocycles. The number of carbonyl (C=O) groups is 2. The zero-order valence-corrected chi connectivity index (χ0v) is 16.7. The SMILES string of the molecule is Cc1ccnc(Cc2ccccc2)c1NC(=O)NC(=O)c1cc(F)c(Cl)nc1Cl. The molecule has 148 valence electrons. The van der Waals surface area contributed by atoms with E-state index in [0.717, 1.165) is 17.2 Å². The van der Waals surface area contributed by atoms with Crippen LogP contribution in [-0.2, 0) is 6.42 Å². The summed E-state index contributed by atoms with van der Waals surface area (Å²) in [5.74, 6) is -1.84. The van der Waals surface area contributed by atoms with E-state index in [2.05, 4.69) is 20.6 Å². The Bertz CT molecular complexity index is 1080. The molecule has 0 aliphatic rings. The number of imide groups is 1. The number of halogens is 3. The lowest BCUT2D eigenvalue weighted by atomic mass is 10.1. The van der Waals surface area contributed by atoms with Crippen molar-refractivity contribution in [2.75, 3.05) is 5.32 Å². The molecule has 2 aromatic heterocycles. The van der Waals surface area contributed by atoms with Gasteiger partial charge in [0, 0.05) is 12.6 Å². The normalized spacial score (nSPS) is 10.5. The average Bonchev–Trinajstić information content (AvgIpc) is 2.68. The van der Waals surface area contributed by atoms with Gasteiger partial charge in [-0.3, -0.25) is 15.1 Å². The number of carbonyl (C=O) groups excluding carboxylic acids is 2. The second-order valence-electron chi connectivity index (χ2n) is 6.12. The van der Waals surface area contributed by atoms with Crippen LogP contribution >= 0.6 is 23.2 Å². The summed E-state index contributed by atoms with van der Waals surface area (Å²) in [7, 11) is 0. The molecule has 0 saturated heterocycles. The van der Waals surface area contributed by atoms with Gasteiger partial charge >= 0.3 is 6.03 Å². The van der Waals surface area contributed by atoms with Crippen molar-refractivity contribution in [2.45, 2.75) is 13.3 Å². The minimum Gasteiger partial charge on any atom is -0.306 e. The van der Waals surface area contributed by atoms with Gasteiger partial charge in [-0.25, -0.2) is 14.2 Å². The molecule has 3 rings (SSSR count). The Hall–Kier alpha value is -3.03. The first kappa shape index (κ1) is 20.7. The molecule has 0 aliphatic carbocycles. The maximum absolute atomic E-state index is 13.6. The molecule has 0 fully saturated rings. The zero-order chi connectivity index (χ0) is 21.0. The molecular weight excluding hydrogens is 418 g/mol. The van der Waals surface area contributed by atoms with Gasteiger partial charge in [0.25, 0.3) is 5.91 Å². The lowest BCUT2D eigenvalue weighted by molar-refractivity contribution is 0.0966. The zero-order valence-electron chi connectivity index (χ0n) is 15.2. The number of hydrogen-bond acceptors (Lipinski definition) is 4. The topological polar surface area (TPSA) is 84.0 Å². The Balaban J connectivity index is 1.77. The van der Waals surface area contributed by atoms with Crippen LogP contribution in [0.1, 0.15) is 27.2 Å². The summed E-state index contributed by atoms with van der Waals surface area (Å²) in [6.45, 7) is 1.81. The third kappa shape index (κ3) is 5.07. The third-order valence-corrected chi connectivity index (χ3v) is 4.60. The molecule has 2 N–H and O–H groups in total. The van der Waals surface area contributed by atoms with Crippen molar-refractivity contribution in [3.63, 3.8) is 0 Å². The predicted molar refractivity (Wildman–Crippen MR) is 109 cm³/mol. The van der Waals surface area contributed by atoms with E-state index in [4.69, 9.17) is 23.2 Å². The Kier molecular flexibility index (Phi) is 6.41. The highest BCUT2D eigenvalue weighted by Crippen LogP contribution is 2.22. The van der Waals surface area contributed by atoms with Crippen LogP contribution in [0.5, 0.6) is 0 Å². The van der Waals surface area contributed by atoms with Crippen molar-refractivity contribution in [3.05, 3.63) is 87.2 Å². The predicted octanol–water partition coefficient (Wildman–Crippen LogP) is 4.78. The highest BCUT2D eigenvalue weighted by molar-refractivity contribution is 6.35. The number of anilines is 1. The molecule has 9 heteroatoms. The quantitative estimate of drug-likeness (QED) is 0.580. The van der Waals surface area contributed by atoms with Gasteiger partial charge in [-0.05, 0) is 30.2 Å². The number of hydrogen-bond donors (Lipinski definition) is 2. The van der Waals surface area contributed by atoms with Crippen molar-refractivity contribution >= 4 is 40.8 Å². The first-order valence-corrected chi connectivity index (χ1v) is 9.23. The van der Waals surface area contributed by atoms with Crippen LogP contribution in [0.3, 0.4) is 0 Å². The van der Waals surface area contributed by atoms with Gasteiger partial charge in [0.2, 0.25) is 0 Å². The third-order valence-electron chi connectivity index (χ3n) is 4.05. The van der Waals surface area contributed by atoms with Crippen LogP contribution in [0.4, 0.5) is 14.9 Å². The fourth-order valence-electron chi connectivity index (χ4n) is 2.63. The fraction of sp³-hybridized carbons (Fsp3) is 0.100. The van der Waals surface area contributed by atoms with Crippen LogP contribution in [0, 0.1) is 12.7 Å². The highest BCUT2D eigenvalue weighted by Gasteiger charge is 2.19. The Morgan fingerprint density at radius 3 is 2.55 bits per heavy atom. The van der Waals surface area contributed by atoms with Crippen LogP contribution in [0.25, 0.3) is 0 Å². The van der Waals surface area contributed by atoms with Crippen molar-refractivity contribution in [2.24, 2.45) is 0 Å². The number of rotatable bonds is 4. The Morgan fingerprint density at radius 2 is 1.83 bits per heavy atom. The maximum atomic E-state index is 13.6. The van der Waals surface area contributed by atoms with Crippen LogP contribution in [0.15, 0.2) is 48.7 Å². The molecule has 0 unspecified atom stereocenters. The molecule has 1 aromatic carbocycles. The number of nitrogens with one attached hydrogen (secondary N) is 2. The lowest BCUT2D eigenvalue weighted by Gasteiger charge is -2.14. The summed E-state index contributed by atoms with van der Waals surface area (Å²) < 4.78 is 13.6. The standard InChI is InChI=1S/C20H15Cl2FN4O2/c1-11-7-8-24-15(9-12-5-3-2-4-6-12)16(11)25-20(29)27-19(28)13-10-14(23)18(22)26-17(13)21/h2-8,10H,9H2,1H3,(H2,25,27,28,29). The number of benzene rings is 1. The number of aromatic nitrogens is 2. The minimum absolute atomic E-state index is 0.309. The van der Waals surface area contributed by atoms with Crippen molar-refractivity contribution in [1.82, 2.24) is 15.3 Å². The molecule has 3 aromatic rings. The lowest BCUT2D eigenvalue weighted by Crippen LogP contribution is -2.35. The van der Waals surface area contributed by atoms with Gasteiger partial charge in [-0.15, -0.1) is 0 Å². The van der Waals surface area contributed by atoms with Crippen molar-refractivity contribution < 1.29 is 14.0 Å². The maximum Gasteiger partial charge on any atom is 0.326 e. The van der Waals surface area contributed by atoms with Crippen molar-refractivity contribution in [1.29, 1.82) is 0 Å². The number of urea groups is 1. The molecule has 0 atom stereocenters. The summed E-state index contributed by atoms with van der Waals surface area (Å²) in [5.41, 5.74) is 2.59. The molecule has 3 amide bonds. The van der Waals surface area contributed by atoms with E-state index < -0.39 is 22.9 Å². The first-order chi connectivity index (χ1) is 13.8. The van der Waals surface area contributed by atoms with Crippen LogP contribution in [0.2, 0.25) is 10.3 Å². The van der Waals surface area contributed by atoms with E-state index in [1.165, 1.54) is 0 Å². The highest BCUT2D eigenvalue weighted by atomic mass is 35.5. The van der Waals surface area contributed by atoms with E-state index in [-0.39, 0.29) is 10.7 Å². The fourth-order valence-corrected chi connectivity index (χ4v) is 3.04. The van der Waals surface area contributed by atoms with Crippen molar-refractivity contribution in [3.8, 4) is 0 Å². The molecule has 0 spiro atoms. The van der Waals surface area contributed by atoms with Gasteiger partial charge in [0.1, 0.15) is 5.15 Å². The largest absolute Gasteiger partial charge is 0.326 e. The van der Waals surface area contributed by atoms with Crippen LogP contribution < -0.4 is 10.6 Å². The Labute approximate surface area is 176 Å². The monoisotopic (exact) mass is 432 g/mol. The smallest absolute Gasteiger partial charge is 0.306 e. The summed E-state index contributed by atoms with van der Waals surface area (Å²) in [6, 6.07) is 11.4. The summed E-state index contributed by atoms with van der Waals surface area (Å²) in [5, 5.41) is 3.95. The molecule has 0 radical (unpaired) electrons. The van der Waals surface area contributed by atoms with Gasteiger partial charge in [0.05, 0.1) is 16.9 Å². The molecule has 0 bridgehead atoms. The van der Waals surface area contributed by atoms with E-state index in [1.807, 2.05) is 37.3 Å². The van der Waals surface area contributed by atoms with E-state index in [0.29, 0.717) is 17.8 Å². The van der Waals surface area contributed by atoms with Gasteiger partial charge in [-0.2, -0.15) is 0 Å². The van der Waals surface area contributed by atoms with Gasteiger partial charge in [0.15, 0.2) is 11.0 Å². The van der Waals surface area contributed by atoms with E-state index in [1.54, 1.807) is 12.3 Å². The number of pyridine rings is 2. The molecule has 0 saturated carbocycles.